The SMILES string of the molecule is COc1ccc(S(=O)(=O)N(CC(=O)NC(C)(C)C)c2ccc(C)cc2)cc1OC. The summed E-state index contributed by atoms with van der Waals surface area (Å²) in [5, 5.41) is 2.81. The third-order valence-electron chi connectivity index (χ3n) is 4.07. The molecule has 8 heteroatoms. The van der Waals surface area contributed by atoms with Crippen LogP contribution in [0.5, 0.6) is 11.5 Å². The maximum Gasteiger partial charge on any atom is 0.264 e. The maximum absolute atomic E-state index is 13.4. The number of aryl methyl sites for hydroxylation is 1. The molecule has 0 fully saturated rings. The highest BCUT2D eigenvalue weighted by molar-refractivity contribution is 7.92. The van der Waals surface area contributed by atoms with Gasteiger partial charge in [0.05, 0.1) is 24.8 Å². The molecular formula is C21H28N2O5S. The fourth-order valence-electron chi connectivity index (χ4n) is 2.72. The molecule has 0 saturated heterocycles. The minimum Gasteiger partial charge on any atom is -0.493 e. The lowest BCUT2D eigenvalue weighted by atomic mass is 10.1. The molecular weight excluding hydrogens is 392 g/mol. The Morgan fingerprint density at radius 3 is 2.10 bits per heavy atom. The topological polar surface area (TPSA) is 84.9 Å². The van der Waals surface area contributed by atoms with Crippen molar-refractivity contribution in [2.45, 2.75) is 38.1 Å². The van der Waals surface area contributed by atoms with Gasteiger partial charge >= 0.3 is 0 Å². The van der Waals surface area contributed by atoms with E-state index < -0.39 is 21.5 Å². The number of hydrogen-bond donors (Lipinski definition) is 1. The smallest absolute Gasteiger partial charge is 0.264 e. The second-order valence-electron chi connectivity index (χ2n) is 7.66. The van der Waals surface area contributed by atoms with Gasteiger partial charge in [-0.2, -0.15) is 0 Å². The number of nitrogens with one attached hydrogen (secondary N) is 1. The third kappa shape index (κ3) is 5.63. The van der Waals surface area contributed by atoms with Crippen molar-refractivity contribution in [3.05, 3.63) is 48.0 Å². The average molecular weight is 421 g/mol. The predicted molar refractivity (Wildman–Crippen MR) is 113 cm³/mol. The van der Waals surface area contributed by atoms with E-state index in [9.17, 15) is 13.2 Å². The van der Waals surface area contributed by atoms with Gasteiger partial charge in [-0.3, -0.25) is 9.10 Å². The molecule has 0 spiro atoms. The molecule has 2 aromatic carbocycles. The minimum absolute atomic E-state index is 0.000663. The van der Waals surface area contributed by atoms with Crippen LogP contribution in [-0.2, 0) is 14.8 Å². The zero-order chi connectivity index (χ0) is 21.8. The van der Waals surface area contributed by atoms with Gasteiger partial charge in [0.25, 0.3) is 10.0 Å². The average Bonchev–Trinajstić information content (AvgIpc) is 2.64. The molecule has 0 aliphatic carbocycles. The molecule has 0 aliphatic rings. The molecule has 29 heavy (non-hydrogen) atoms. The van der Waals surface area contributed by atoms with Gasteiger partial charge in [0, 0.05) is 11.6 Å². The largest absolute Gasteiger partial charge is 0.493 e. The van der Waals surface area contributed by atoms with Crippen molar-refractivity contribution < 1.29 is 22.7 Å². The normalized spacial score (nSPS) is 11.7. The Balaban J connectivity index is 2.51. The number of benzene rings is 2. The first kappa shape index (κ1) is 22.5. The van der Waals surface area contributed by atoms with Gasteiger partial charge in [-0.25, -0.2) is 8.42 Å². The number of anilines is 1. The Labute approximate surface area is 172 Å². The fourth-order valence-corrected chi connectivity index (χ4v) is 4.16. The lowest BCUT2D eigenvalue weighted by Crippen LogP contribution is -2.47. The van der Waals surface area contributed by atoms with Gasteiger partial charge in [-0.15, -0.1) is 0 Å². The fraction of sp³-hybridized carbons (Fsp3) is 0.381. The van der Waals surface area contributed by atoms with Crippen LogP contribution in [0.3, 0.4) is 0 Å². The Morgan fingerprint density at radius 1 is 1.00 bits per heavy atom. The van der Waals surface area contributed by atoms with Gasteiger partial charge < -0.3 is 14.8 Å². The van der Waals surface area contributed by atoms with Crippen LogP contribution in [-0.4, -0.2) is 40.6 Å². The molecule has 0 unspecified atom stereocenters. The van der Waals surface area contributed by atoms with Crippen molar-refractivity contribution in [2.24, 2.45) is 0 Å². The lowest BCUT2D eigenvalue weighted by molar-refractivity contribution is -0.121. The Morgan fingerprint density at radius 2 is 1.59 bits per heavy atom. The van der Waals surface area contributed by atoms with Crippen molar-refractivity contribution in [3.8, 4) is 11.5 Å². The summed E-state index contributed by atoms with van der Waals surface area (Å²) in [5.41, 5.74) is 0.897. The Bertz CT molecular complexity index is 964. The standard InChI is InChI=1S/C21H28N2O5S/c1-15-7-9-16(10-8-15)23(14-20(24)22-21(2,3)4)29(25,26)17-11-12-18(27-5)19(13-17)28-6/h7-13H,14H2,1-6H3,(H,22,24). The number of methoxy groups -OCH3 is 2. The van der Waals surface area contributed by atoms with E-state index in [0.717, 1.165) is 9.87 Å². The van der Waals surface area contributed by atoms with Gasteiger partial charge in [-0.05, 0) is 52.0 Å². The van der Waals surface area contributed by atoms with Crippen LogP contribution in [0.25, 0.3) is 0 Å². The van der Waals surface area contributed by atoms with Gasteiger partial charge in [-0.1, -0.05) is 17.7 Å². The lowest BCUT2D eigenvalue weighted by Gasteiger charge is -2.27. The van der Waals surface area contributed by atoms with Crippen LogP contribution >= 0.6 is 0 Å². The van der Waals surface area contributed by atoms with Crippen molar-refractivity contribution >= 4 is 21.6 Å². The predicted octanol–water partition coefficient (Wildman–Crippen LogP) is 3.12. The van der Waals surface area contributed by atoms with E-state index in [1.165, 1.54) is 32.4 Å². The summed E-state index contributed by atoms with van der Waals surface area (Å²) >= 11 is 0. The molecule has 0 saturated carbocycles. The second kappa shape index (κ2) is 8.73. The molecule has 1 amide bonds. The zero-order valence-electron chi connectivity index (χ0n) is 17.6. The van der Waals surface area contributed by atoms with Crippen molar-refractivity contribution in [1.82, 2.24) is 5.32 Å². The summed E-state index contributed by atoms with van der Waals surface area (Å²) < 4.78 is 38.4. The third-order valence-corrected chi connectivity index (χ3v) is 5.84. The summed E-state index contributed by atoms with van der Waals surface area (Å²) in [6.45, 7) is 7.07. The molecule has 0 radical (unpaired) electrons. The monoisotopic (exact) mass is 420 g/mol. The molecule has 0 heterocycles. The number of carbonyl (C=O) groups excluding carboxylic acids is 1. The number of rotatable bonds is 7. The summed E-state index contributed by atoms with van der Waals surface area (Å²) in [5.74, 6) is 0.303. The molecule has 0 atom stereocenters. The number of carbonyl (C=O) groups is 1. The molecule has 158 valence electrons. The summed E-state index contributed by atoms with van der Waals surface area (Å²) in [7, 11) is -1.13. The van der Waals surface area contributed by atoms with Crippen LogP contribution in [0.4, 0.5) is 5.69 Å². The van der Waals surface area contributed by atoms with E-state index in [1.54, 1.807) is 24.3 Å². The Kier molecular flexibility index (Phi) is 6.79. The van der Waals surface area contributed by atoms with Crippen molar-refractivity contribution in [1.29, 1.82) is 0 Å². The summed E-state index contributed by atoms with van der Waals surface area (Å²) in [6.07, 6.45) is 0. The van der Waals surface area contributed by atoms with Gasteiger partial charge in [0.15, 0.2) is 11.5 Å². The Hall–Kier alpha value is -2.74. The quantitative estimate of drug-likeness (QED) is 0.744. The molecule has 2 rings (SSSR count). The van der Waals surface area contributed by atoms with E-state index in [4.69, 9.17) is 9.47 Å². The zero-order valence-corrected chi connectivity index (χ0v) is 18.5. The summed E-state index contributed by atoms with van der Waals surface area (Å²) in [4.78, 5) is 12.5. The highest BCUT2D eigenvalue weighted by Crippen LogP contribution is 2.32. The van der Waals surface area contributed by atoms with E-state index in [0.29, 0.717) is 11.4 Å². The van der Waals surface area contributed by atoms with E-state index in [-0.39, 0.29) is 17.2 Å². The molecule has 2 aromatic rings. The van der Waals surface area contributed by atoms with Crippen molar-refractivity contribution in [2.75, 3.05) is 25.1 Å². The molecule has 0 aromatic heterocycles. The number of ether oxygens (including phenoxy) is 2. The van der Waals surface area contributed by atoms with E-state index in [2.05, 4.69) is 5.32 Å². The van der Waals surface area contributed by atoms with E-state index in [1.807, 2.05) is 27.7 Å². The first-order chi connectivity index (χ1) is 13.5. The molecule has 0 bridgehead atoms. The van der Waals surface area contributed by atoms with Crippen LogP contribution in [0, 0.1) is 6.92 Å². The first-order valence-electron chi connectivity index (χ1n) is 9.10. The number of amides is 1. The van der Waals surface area contributed by atoms with Gasteiger partial charge in [0.1, 0.15) is 6.54 Å². The first-order valence-corrected chi connectivity index (χ1v) is 10.5. The van der Waals surface area contributed by atoms with Crippen LogP contribution in [0.15, 0.2) is 47.4 Å². The van der Waals surface area contributed by atoms with Crippen molar-refractivity contribution in [3.63, 3.8) is 0 Å². The highest BCUT2D eigenvalue weighted by atomic mass is 32.2. The molecule has 0 aliphatic heterocycles. The van der Waals surface area contributed by atoms with Crippen LogP contribution in [0.2, 0.25) is 0 Å². The van der Waals surface area contributed by atoms with Gasteiger partial charge in [0.2, 0.25) is 5.91 Å². The second-order valence-corrected chi connectivity index (χ2v) is 9.52. The number of nitrogens with zero attached hydrogens (tertiary/aromatic N) is 1. The highest BCUT2D eigenvalue weighted by Gasteiger charge is 2.29. The maximum atomic E-state index is 13.4. The summed E-state index contributed by atoms with van der Waals surface area (Å²) in [6, 6.07) is 11.3. The minimum atomic E-state index is -4.04. The van der Waals surface area contributed by atoms with E-state index >= 15 is 0 Å². The molecule has 7 nitrogen and oxygen atoms in total. The number of sulfonamides is 1. The molecule has 1 N–H and O–H groups in total. The van der Waals surface area contributed by atoms with Crippen LogP contribution in [0.1, 0.15) is 26.3 Å². The van der Waals surface area contributed by atoms with Crippen LogP contribution < -0.4 is 19.1 Å². The number of hydrogen-bond acceptors (Lipinski definition) is 5.